The molecular formula is C8H11N3O3. The van der Waals surface area contributed by atoms with Crippen LogP contribution in [0.5, 0.6) is 0 Å². The molecule has 14 heavy (non-hydrogen) atoms. The monoisotopic (exact) mass is 197 g/mol. The number of nitrogens with one attached hydrogen (secondary N) is 1. The number of rotatable bonds is 2. The van der Waals surface area contributed by atoms with Gasteiger partial charge in [-0.1, -0.05) is 0 Å². The van der Waals surface area contributed by atoms with E-state index in [9.17, 15) is 9.59 Å². The lowest BCUT2D eigenvalue weighted by Crippen LogP contribution is -2.55. The molecule has 0 unspecified atom stereocenters. The van der Waals surface area contributed by atoms with Gasteiger partial charge < -0.3 is 15.3 Å². The van der Waals surface area contributed by atoms with Gasteiger partial charge in [0.15, 0.2) is 0 Å². The van der Waals surface area contributed by atoms with Crippen molar-refractivity contribution in [2.75, 3.05) is 13.1 Å². The van der Waals surface area contributed by atoms with Crippen LogP contribution >= 0.6 is 0 Å². The second kappa shape index (κ2) is 3.96. The minimum absolute atomic E-state index is 0.101. The van der Waals surface area contributed by atoms with Gasteiger partial charge in [-0.3, -0.25) is 4.79 Å². The molecule has 0 radical (unpaired) electrons. The van der Waals surface area contributed by atoms with Gasteiger partial charge in [0.25, 0.3) is 0 Å². The maximum atomic E-state index is 11.4. The lowest BCUT2D eigenvalue weighted by atomic mass is 10.0. The Bertz CT molecular complexity index is 291. The number of nitriles is 1. The van der Waals surface area contributed by atoms with Crippen LogP contribution in [-0.2, 0) is 4.79 Å². The topological polar surface area (TPSA) is 93.4 Å². The molecule has 0 aromatic heterocycles. The molecule has 0 aromatic carbocycles. The number of nitrogens with zero attached hydrogens (tertiary/aromatic N) is 2. The number of carbonyl (C=O) groups excluding carboxylic acids is 1. The Kier molecular flexibility index (Phi) is 2.92. The molecule has 76 valence electrons. The fourth-order valence-electron chi connectivity index (χ4n) is 1.26. The van der Waals surface area contributed by atoms with E-state index in [0.29, 0.717) is 13.1 Å². The summed E-state index contributed by atoms with van der Waals surface area (Å²) in [6.07, 6.45) is -1.22. The smallest absolute Gasteiger partial charge is 0.405 e. The van der Waals surface area contributed by atoms with E-state index in [1.807, 2.05) is 6.07 Å². The van der Waals surface area contributed by atoms with Crippen molar-refractivity contribution in [2.45, 2.75) is 13.0 Å². The Morgan fingerprint density at radius 1 is 1.64 bits per heavy atom. The Hall–Kier alpha value is -1.77. The highest BCUT2D eigenvalue weighted by molar-refractivity contribution is 5.85. The van der Waals surface area contributed by atoms with Crippen LogP contribution in [0.4, 0.5) is 4.79 Å². The first-order valence-electron chi connectivity index (χ1n) is 4.22. The van der Waals surface area contributed by atoms with Crippen LogP contribution in [0.25, 0.3) is 0 Å². The van der Waals surface area contributed by atoms with E-state index in [1.54, 1.807) is 0 Å². The van der Waals surface area contributed by atoms with Crippen LogP contribution in [0.15, 0.2) is 0 Å². The van der Waals surface area contributed by atoms with Gasteiger partial charge in [0.05, 0.1) is 12.0 Å². The average molecular weight is 197 g/mol. The van der Waals surface area contributed by atoms with Crippen LogP contribution in [-0.4, -0.2) is 41.1 Å². The quantitative estimate of drug-likeness (QED) is 0.631. The third-order valence-corrected chi connectivity index (χ3v) is 2.09. The molecule has 1 atom stereocenters. The second-order valence-electron chi connectivity index (χ2n) is 3.24. The number of hydrogen-bond acceptors (Lipinski definition) is 3. The van der Waals surface area contributed by atoms with E-state index in [4.69, 9.17) is 10.4 Å². The van der Waals surface area contributed by atoms with Gasteiger partial charge in [-0.2, -0.15) is 5.26 Å². The van der Waals surface area contributed by atoms with Crippen molar-refractivity contribution in [3.63, 3.8) is 0 Å². The van der Waals surface area contributed by atoms with Crippen LogP contribution in [0.3, 0.4) is 0 Å². The molecule has 6 heteroatoms. The predicted molar refractivity (Wildman–Crippen MR) is 46.3 cm³/mol. The molecule has 0 spiro atoms. The van der Waals surface area contributed by atoms with Gasteiger partial charge in [-0.25, -0.2) is 4.79 Å². The van der Waals surface area contributed by atoms with Crippen LogP contribution in [0.1, 0.15) is 6.92 Å². The highest BCUT2D eigenvalue weighted by Gasteiger charge is 2.33. The number of likely N-dealkylation sites (tertiary alicyclic amines) is 1. The fraction of sp³-hybridized carbons (Fsp3) is 0.625. The van der Waals surface area contributed by atoms with E-state index in [2.05, 4.69) is 5.32 Å². The SMILES string of the molecule is C[C@@H](NC(=O)O)C(=O)N1CC(C#N)C1. The summed E-state index contributed by atoms with van der Waals surface area (Å²) in [6, 6.07) is 1.29. The molecule has 1 fully saturated rings. The summed E-state index contributed by atoms with van der Waals surface area (Å²) in [6.45, 7) is 2.29. The summed E-state index contributed by atoms with van der Waals surface area (Å²) in [5.74, 6) is -0.380. The van der Waals surface area contributed by atoms with Gasteiger partial charge in [0.2, 0.25) is 5.91 Å². The van der Waals surface area contributed by atoms with Gasteiger partial charge in [0.1, 0.15) is 6.04 Å². The zero-order chi connectivity index (χ0) is 10.7. The molecule has 1 heterocycles. The van der Waals surface area contributed by atoms with E-state index in [1.165, 1.54) is 11.8 Å². The molecular weight excluding hydrogens is 186 g/mol. The van der Waals surface area contributed by atoms with Gasteiger partial charge in [-0.05, 0) is 6.92 Å². The molecule has 1 aliphatic rings. The minimum atomic E-state index is -1.22. The molecule has 1 saturated heterocycles. The lowest BCUT2D eigenvalue weighted by molar-refractivity contribution is -0.137. The first-order chi connectivity index (χ1) is 6.54. The number of amides is 2. The third kappa shape index (κ3) is 2.13. The molecule has 6 nitrogen and oxygen atoms in total. The van der Waals surface area contributed by atoms with Crippen molar-refractivity contribution in [2.24, 2.45) is 5.92 Å². The first-order valence-corrected chi connectivity index (χ1v) is 4.22. The highest BCUT2D eigenvalue weighted by Crippen LogP contribution is 2.15. The fourth-order valence-corrected chi connectivity index (χ4v) is 1.26. The van der Waals surface area contributed by atoms with Gasteiger partial charge >= 0.3 is 6.09 Å². The maximum absolute atomic E-state index is 11.4. The van der Waals surface area contributed by atoms with Crippen LogP contribution in [0, 0.1) is 17.2 Å². The van der Waals surface area contributed by atoms with Crippen molar-refractivity contribution in [3.8, 4) is 6.07 Å². The standard InChI is InChI=1S/C8H11N3O3/c1-5(10-8(13)14)7(12)11-3-6(2-9)4-11/h5-6,10H,3-4H2,1H3,(H,13,14)/t5-/m1/s1. The number of hydrogen-bond donors (Lipinski definition) is 2. The third-order valence-electron chi connectivity index (χ3n) is 2.09. The predicted octanol–water partition coefficient (Wildman–Crippen LogP) is -0.376. The van der Waals surface area contributed by atoms with E-state index < -0.39 is 12.1 Å². The molecule has 0 aliphatic carbocycles. The molecule has 2 amide bonds. The first kappa shape index (κ1) is 10.3. The molecule has 0 aromatic rings. The summed E-state index contributed by atoms with van der Waals surface area (Å²) >= 11 is 0. The van der Waals surface area contributed by atoms with E-state index >= 15 is 0 Å². The maximum Gasteiger partial charge on any atom is 0.405 e. The van der Waals surface area contributed by atoms with E-state index in [-0.39, 0.29) is 11.8 Å². The zero-order valence-electron chi connectivity index (χ0n) is 7.73. The van der Waals surface area contributed by atoms with Crippen molar-refractivity contribution >= 4 is 12.0 Å². The van der Waals surface area contributed by atoms with Crippen LogP contribution < -0.4 is 5.32 Å². The summed E-state index contributed by atoms with van der Waals surface area (Å²) < 4.78 is 0. The highest BCUT2D eigenvalue weighted by atomic mass is 16.4. The van der Waals surface area contributed by atoms with Crippen LogP contribution in [0.2, 0.25) is 0 Å². The largest absolute Gasteiger partial charge is 0.465 e. The summed E-state index contributed by atoms with van der Waals surface area (Å²) in [5, 5.41) is 18.9. The summed E-state index contributed by atoms with van der Waals surface area (Å²) in [7, 11) is 0. The Balaban J connectivity index is 2.36. The number of carboxylic acid groups (broad SMARTS) is 1. The van der Waals surface area contributed by atoms with Gasteiger partial charge in [-0.15, -0.1) is 0 Å². The molecule has 0 saturated carbocycles. The summed E-state index contributed by atoms with van der Waals surface area (Å²) in [5.41, 5.74) is 0. The van der Waals surface area contributed by atoms with Crippen molar-refractivity contribution in [3.05, 3.63) is 0 Å². The average Bonchev–Trinajstić information content (AvgIpc) is 2.00. The minimum Gasteiger partial charge on any atom is -0.465 e. The second-order valence-corrected chi connectivity index (χ2v) is 3.24. The zero-order valence-corrected chi connectivity index (χ0v) is 7.73. The van der Waals surface area contributed by atoms with E-state index in [0.717, 1.165) is 0 Å². The lowest BCUT2D eigenvalue weighted by Gasteiger charge is -2.36. The molecule has 1 rings (SSSR count). The Labute approximate surface area is 81.1 Å². The van der Waals surface area contributed by atoms with Gasteiger partial charge in [0, 0.05) is 13.1 Å². The van der Waals surface area contributed by atoms with Crippen molar-refractivity contribution in [1.82, 2.24) is 10.2 Å². The van der Waals surface area contributed by atoms with Crippen molar-refractivity contribution < 1.29 is 14.7 Å². The Morgan fingerprint density at radius 2 is 2.21 bits per heavy atom. The normalized spacial score (nSPS) is 17.9. The molecule has 0 bridgehead atoms. The molecule has 2 N–H and O–H groups in total. The number of carbonyl (C=O) groups is 2. The Morgan fingerprint density at radius 3 is 2.64 bits per heavy atom. The van der Waals surface area contributed by atoms with Crippen molar-refractivity contribution in [1.29, 1.82) is 5.26 Å². The molecule has 1 aliphatic heterocycles. The summed E-state index contributed by atoms with van der Waals surface area (Å²) in [4.78, 5) is 23.1.